The highest BCUT2D eigenvalue weighted by atomic mass is 19.2. The molecule has 0 aliphatic carbocycles. The number of hydrogen-bond acceptors (Lipinski definition) is 2. The standard InChI is InChI=1S/C14H18F2N2O3/c1-9(2)18(6-5-13(19)20)14(21)17-8-10-3-4-11(15)12(16)7-10/h3-4,7,9H,5-6,8H2,1-2H3,(H,17,21)(H,19,20). The number of carboxylic acids is 1. The Balaban J connectivity index is 2.60. The molecule has 0 spiro atoms. The van der Waals surface area contributed by atoms with E-state index in [1.54, 1.807) is 13.8 Å². The summed E-state index contributed by atoms with van der Waals surface area (Å²) in [4.78, 5) is 23.9. The number of rotatable bonds is 6. The molecule has 0 aromatic heterocycles. The summed E-state index contributed by atoms with van der Waals surface area (Å²) < 4.78 is 25.8. The summed E-state index contributed by atoms with van der Waals surface area (Å²) in [7, 11) is 0. The molecule has 5 nitrogen and oxygen atoms in total. The minimum atomic E-state index is -0.992. The molecule has 0 saturated heterocycles. The predicted molar refractivity (Wildman–Crippen MR) is 72.7 cm³/mol. The van der Waals surface area contributed by atoms with Crippen molar-refractivity contribution >= 4 is 12.0 Å². The highest BCUT2D eigenvalue weighted by Gasteiger charge is 2.17. The topological polar surface area (TPSA) is 69.6 Å². The van der Waals surface area contributed by atoms with Gasteiger partial charge >= 0.3 is 12.0 Å². The molecule has 116 valence electrons. The lowest BCUT2D eigenvalue weighted by Crippen LogP contribution is -2.44. The molecule has 0 bridgehead atoms. The minimum absolute atomic E-state index is 0.0341. The number of nitrogens with zero attached hydrogens (tertiary/aromatic N) is 1. The normalized spacial score (nSPS) is 10.5. The predicted octanol–water partition coefficient (Wildman–Crippen LogP) is 2.36. The summed E-state index contributed by atoms with van der Waals surface area (Å²) >= 11 is 0. The highest BCUT2D eigenvalue weighted by molar-refractivity contribution is 5.75. The summed E-state index contributed by atoms with van der Waals surface area (Å²) in [6.07, 6.45) is -0.156. The van der Waals surface area contributed by atoms with Gasteiger partial charge < -0.3 is 15.3 Å². The molecule has 0 saturated carbocycles. The first-order valence-electron chi connectivity index (χ1n) is 6.51. The fourth-order valence-electron chi connectivity index (χ4n) is 1.74. The second-order valence-corrected chi connectivity index (χ2v) is 4.84. The molecule has 0 unspecified atom stereocenters. The van der Waals surface area contributed by atoms with E-state index in [1.165, 1.54) is 11.0 Å². The fourth-order valence-corrected chi connectivity index (χ4v) is 1.74. The van der Waals surface area contributed by atoms with Crippen molar-refractivity contribution in [3.05, 3.63) is 35.4 Å². The van der Waals surface area contributed by atoms with Crippen molar-refractivity contribution in [1.82, 2.24) is 10.2 Å². The SMILES string of the molecule is CC(C)N(CCC(=O)O)C(=O)NCc1ccc(F)c(F)c1. The van der Waals surface area contributed by atoms with Gasteiger partial charge in [-0.1, -0.05) is 6.07 Å². The van der Waals surface area contributed by atoms with Crippen LogP contribution in [0.5, 0.6) is 0 Å². The van der Waals surface area contributed by atoms with Crippen molar-refractivity contribution < 1.29 is 23.5 Å². The minimum Gasteiger partial charge on any atom is -0.481 e. The van der Waals surface area contributed by atoms with E-state index >= 15 is 0 Å². The number of halogens is 2. The third kappa shape index (κ3) is 5.37. The third-order valence-corrected chi connectivity index (χ3v) is 2.88. The number of carboxylic acid groups (broad SMARTS) is 1. The van der Waals surface area contributed by atoms with Crippen molar-refractivity contribution in [3.8, 4) is 0 Å². The summed E-state index contributed by atoms with van der Waals surface area (Å²) in [5.41, 5.74) is 0.421. The molecule has 0 aliphatic heterocycles. The fraction of sp³-hybridized carbons (Fsp3) is 0.429. The molecule has 2 amide bonds. The quantitative estimate of drug-likeness (QED) is 0.847. The number of urea groups is 1. The van der Waals surface area contributed by atoms with Crippen molar-refractivity contribution in [3.63, 3.8) is 0 Å². The number of nitrogens with one attached hydrogen (secondary N) is 1. The summed E-state index contributed by atoms with van der Waals surface area (Å²) in [5.74, 6) is -2.92. The van der Waals surface area contributed by atoms with Gasteiger partial charge in [-0.15, -0.1) is 0 Å². The highest BCUT2D eigenvalue weighted by Crippen LogP contribution is 2.09. The Labute approximate surface area is 121 Å². The second-order valence-electron chi connectivity index (χ2n) is 4.84. The van der Waals surface area contributed by atoms with Gasteiger partial charge in [0.1, 0.15) is 0 Å². The number of benzene rings is 1. The molecule has 0 fully saturated rings. The van der Waals surface area contributed by atoms with Crippen LogP contribution in [0.2, 0.25) is 0 Å². The van der Waals surface area contributed by atoms with Crippen LogP contribution in [-0.4, -0.2) is 34.6 Å². The first-order chi connectivity index (χ1) is 9.81. The van der Waals surface area contributed by atoms with E-state index in [9.17, 15) is 18.4 Å². The zero-order valence-electron chi connectivity index (χ0n) is 11.9. The van der Waals surface area contributed by atoms with Crippen LogP contribution in [0.4, 0.5) is 13.6 Å². The van der Waals surface area contributed by atoms with Gasteiger partial charge in [-0.3, -0.25) is 4.79 Å². The van der Waals surface area contributed by atoms with Gasteiger partial charge in [0.15, 0.2) is 11.6 Å². The van der Waals surface area contributed by atoms with Gasteiger partial charge in [0, 0.05) is 19.1 Å². The molecule has 0 aliphatic rings. The van der Waals surface area contributed by atoms with Gasteiger partial charge in [0.05, 0.1) is 6.42 Å². The number of carbonyl (C=O) groups is 2. The Hall–Kier alpha value is -2.18. The van der Waals surface area contributed by atoms with Crippen LogP contribution in [0.3, 0.4) is 0 Å². The van der Waals surface area contributed by atoms with Crippen LogP contribution in [0.1, 0.15) is 25.8 Å². The van der Waals surface area contributed by atoms with E-state index in [0.717, 1.165) is 12.1 Å². The Morgan fingerprint density at radius 3 is 2.48 bits per heavy atom. The Morgan fingerprint density at radius 2 is 1.95 bits per heavy atom. The molecule has 1 aromatic rings. The monoisotopic (exact) mass is 300 g/mol. The summed E-state index contributed by atoms with van der Waals surface area (Å²) in [6.45, 7) is 3.64. The van der Waals surface area contributed by atoms with Gasteiger partial charge in [-0.05, 0) is 31.5 Å². The van der Waals surface area contributed by atoms with Crippen LogP contribution >= 0.6 is 0 Å². The molecule has 21 heavy (non-hydrogen) atoms. The smallest absolute Gasteiger partial charge is 0.317 e. The lowest BCUT2D eigenvalue weighted by molar-refractivity contribution is -0.137. The van der Waals surface area contributed by atoms with E-state index in [4.69, 9.17) is 5.11 Å². The van der Waals surface area contributed by atoms with Crippen molar-refractivity contribution in [2.45, 2.75) is 32.9 Å². The van der Waals surface area contributed by atoms with Gasteiger partial charge in [-0.25, -0.2) is 13.6 Å². The van der Waals surface area contributed by atoms with Crippen LogP contribution in [-0.2, 0) is 11.3 Å². The summed E-state index contributed by atoms with van der Waals surface area (Å²) in [6, 6.07) is 2.74. The Kier molecular flexibility index (Phi) is 6.08. The third-order valence-electron chi connectivity index (χ3n) is 2.88. The second kappa shape index (κ2) is 7.56. The van der Waals surface area contributed by atoms with Crippen molar-refractivity contribution in [2.24, 2.45) is 0 Å². The average molecular weight is 300 g/mol. The molecule has 0 heterocycles. The number of aliphatic carboxylic acids is 1. The van der Waals surface area contributed by atoms with Crippen molar-refractivity contribution in [2.75, 3.05) is 6.54 Å². The van der Waals surface area contributed by atoms with E-state index in [1.807, 2.05) is 0 Å². The van der Waals surface area contributed by atoms with Crippen LogP contribution in [0.25, 0.3) is 0 Å². The van der Waals surface area contributed by atoms with Gasteiger partial charge in [0.25, 0.3) is 0 Å². The Morgan fingerprint density at radius 1 is 1.29 bits per heavy atom. The average Bonchev–Trinajstić information content (AvgIpc) is 2.39. The van der Waals surface area contributed by atoms with E-state index in [2.05, 4.69) is 5.32 Å². The van der Waals surface area contributed by atoms with E-state index < -0.39 is 23.6 Å². The van der Waals surface area contributed by atoms with Crippen LogP contribution < -0.4 is 5.32 Å². The zero-order valence-corrected chi connectivity index (χ0v) is 11.9. The van der Waals surface area contributed by atoms with Crippen LogP contribution in [0.15, 0.2) is 18.2 Å². The van der Waals surface area contributed by atoms with Gasteiger partial charge in [-0.2, -0.15) is 0 Å². The van der Waals surface area contributed by atoms with E-state index in [0.29, 0.717) is 5.56 Å². The maximum Gasteiger partial charge on any atom is 0.317 e. The lowest BCUT2D eigenvalue weighted by atomic mass is 10.2. The molecular formula is C14H18F2N2O3. The number of hydrogen-bond donors (Lipinski definition) is 2. The maximum absolute atomic E-state index is 13.0. The molecule has 1 aromatic carbocycles. The largest absolute Gasteiger partial charge is 0.481 e. The Bertz CT molecular complexity index is 521. The maximum atomic E-state index is 13.0. The van der Waals surface area contributed by atoms with E-state index in [-0.39, 0.29) is 25.6 Å². The molecule has 2 N–H and O–H groups in total. The first-order valence-corrected chi connectivity index (χ1v) is 6.51. The molecule has 0 radical (unpaired) electrons. The number of amides is 2. The lowest BCUT2D eigenvalue weighted by Gasteiger charge is -2.26. The molecular weight excluding hydrogens is 282 g/mol. The summed E-state index contributed by atoms with van der Waals surface area (Å²) in [5, 5.41) is 11.2. The zero-order chi connectivity index (χ0) is 16.0. The van der Waals surface area contributed by atoms with Crippen LogP contribution in [0, 0.1) is 11.6 Å². The molecule has 1 rings (SSSR count). The molecule has 0 atom stereocenters. The number of carbonyl (C=O) groups excluding carboxylic acids is 1. The van der Waals surface area contributed by atoms with Crippen molar-refractivity contribution in [1.29, 1.82) is 0 Å². The molecule has 7 heteroatoms. The van der Waals surface area contributed by atoms with Gasteiger partial charge in [0.2, 0.25) is 0 Å². The first kappa shape index (κ1) is 16.9.